The van der Waals surface area contributed by atoms with Gasteiger partial charge in [0, 0.05) is 25.7 Å². The molecule has 1 aromatic heterocycles. The van der Waals surface area contributed by atoms with Gasteiger partial charge in [0.15, 0.2) is 0 Å². The normalized spacial score (nSPS) is 14.8. The highest BCUT2D eigenvalue weighted by Crippen LogP contribution is 2.33. The molecule has 2 aromatic rings. The van der Waals surface area contributed by atoms with Gasteiger partial charge in [-0.2, -0.15) is 13.2 Å². The Morgan fingerprint density at radius 3 is 2.57 bits per heavy atom. The number of amides is 1. The zero-order valence-electron chi connectivity index (χ0n) is 15.8. The van der Waals surface area contributed by atoms with Gasteiger partial charge in [-0.05, 0) is 38.5 Å². The summed E-state index contributed by atoms with van der Waals surface area (Å²) in [5.41, 5.74) is -1.24. The van der Waals surface area contributed by atoms with Gasteiger partial charge in [-0.3, -0.25) is 4.90 Å². The van der Waals surface area contributed by atoms with E-state index in [1.807, 2.05) is 4.57 Å². The van der Waals surface area contributed by atoms with Crippen molar-refractivity contribution >= 4 is 6.09 Å². The minimum Gasteiger partial charge on any atom is -0.444 e. The number of benzene rings is 1. The Hall–Kier alpha value is -2.58. The number of carbonyl (C=O) groups is 1. The molecule has 0 N–H and O–H groups in total. The van der Waals surface area contributed by atoms with Gasteiger partial charge in [0.25, 0.3) is 0 Å². The number of halogens is 4. The van der Waals surface area contributed by atoms with Gasteiger partial charge in [0.2, 0.25) is 0 Å². The van der Waals surface area contributed by atoms with Gasteiger partial charge < -0.3 is 9.30 Å². The lowest BCUT2D eigenvalue weighted by Crippen LogP contribution is -2.41. The van der Waals surface area contributed by atoms with E-state index < -0.39 is 29.3 Å². The Morgan fingerprint density at radius 2 is 1.93 bits per heavy atom. The molecule has 1 aromatic carbocycles. The van der Waals surface area contributed by atoms with Crippen molar-refractivity contribution in [3.05, 3.63) is 52.9 Å². The van der Waals surface area contributed by atoms with Crippen LogP contribution in [0.15, 0.2) is 24.4 Å². The number of hydrogen-bond donors (Lipinski definition) is 0. The van der Waals surface area contributed by atoms with Crippen molar-refractivity contribution in [2.45, 2.75) is 52.1 Å². The minimum atomic E-state index is -4.65. The van der Waals surface area contributed by atoms with Gasteiger partial charge >= 0.3 is 12.3 Å². The first-order valence-corrected chi connectivity index (χ1v) is 8.81. The van der Waals surface area contributed by atoms with E-state index in [-0.39, 0.29) is 18.5 Å². The minimum absolute atomic E-state index is 0.0478. The largest absolute Gasteiger partial charge is 0.444 e. The number of nitrogens with zero attached hydrogens (tertiary/aromatic N) is 3. The summed E-state index contributed by atoms with van der Waals surface area (Å²) in [7, 11) is 0. The summed E-state index contributed by atoms with van der Waals surface area (Å²) < 4.78 is 60.0. The number of fused-ring (bicyclic) bond motifs is 1. The lowest BCUT2D eigenvalue weighted by atomic mass is 10.0. The number of alkyl halides is 3. The standard InChI is InChI=1S/C19H21F4N3O2/c1-18(2,3)28-17(27)26-7-6-25-10-14(24-16(25)11-26)8-12-4-5-13(20)9-15(12)19(21,22)23/h4-5,9-10H,6-8,11H2,1-3H3. The molecule has 1 aliphatic rings. The molecule has 1 amide bonds. The van der Waals surface area contributed by atoms with Gasteiger partial charge in [0.05, 0.1) is 17.8 Å². The van der Waals surface area contributed by atoms with Crippen molar-refractivity contribution in [3.8, 4) is 0 Å². The third-order valence-electron chi connectivity index (χ3n) is 4.25. The van der Waals surface area contributed by atoms with Crippen LogP contribution in [0.4, 0.5) is 22.4 Å². The fourth-order valence-electron chi connectivity index (χ4n) is 3.04. The van der Waals surface area contributed by atoms with Crippen LogP contribution in [-0.2, 0) is 30.4 Å². The molecule has 28 heavy (non-hydrogen) atoms. The van der Waals surface area contributed by atoms with Crippen LogP contribution in [0, 0.1) is 5.82 Å². The van der Waals surface area contributed by atoms with Crippen LogP contribution in [0.3, 0.4) is 0 Å². The molecule has 1 aliphatic heterocycles. The first kappa shape index (κ1) is 20.2. The van der Waals surface area contributed by atoms with E-state index in [9.17, 15) is 22.4 Å². The molecule has 0 bridgehead atoms. The first-order valence-electron chi connectivity index (χ1n) is 8.81. The molecule has 0 spiro atoms. The van der Waals surface area contributed by atoms with E-state index in [2.05, 4.69) is 4.98 Å². The summed E-state index contributed by atoms with van der Waals surface area (Å²) >= 11 is 0. The summed E-state index contributed by atoms with van der Waals surface area (Å²) in [6.45, 7) is 6.42. The summed E-state index contributed by atoms with van der Waals surface area (Å²) in [5, 5.41) is 0. The second-order valence-corrected chi connectivity index (χ2v) is 7.72. The van der Waals surface area contributed by atoms with Gasteiger partial charge in [-0.25, -0.2) is 14.2 Å². The highest BCUT2D eigenvalue weighted by Gasteiger charge is 2.34. The van der Waals surface area contributed by atoms with E-state index in [1.165, 1.54) is 4.90 Å². The third kappa shape index (κ3) is 4.63. The lowest BCUT2D eigenvalue weighted by molar-refractivity contribution is -0.138. The van der Waals surface area contributed by atoms with Crippen LogP contribution >= 0.6 is 0 Å². The molecule has 0 radical (unpaired) electrons. The zero-order valence-corrected chi connectivity index (χ0v) is 15.8. The SMILES string of the molecule is CC(C)(C)OC(=O)N1CCn2cc(Cc3ccc(F)cc3C(F)(F)F)nc2C1. The van der Waals surface area contributed by atoms with Gasteiger partial charge in [0.1, 0.15) is 17.2 Å². The molecule has 0 unspecified atom stereocenters. The van der Waals surface area contributed by atoms with E-state index in [4.69, 9.17) is 4.74 Å². The molecule has 152 valence electrons. The molecule has 0 aliphatic carbocycles. The first-order chi connectivity index (χ1) is 12.9. The number of aromatic nitrogens is 2. The Kier molecular flexibility index (Phi) is 5.12. The quantitative estimate of drug-likeness (QED) is 0.704. The summed E-state index contributed by atoms with van der Waals surface area (Å²) in [6.07, 6.45) is -3.52. The van der Waals surface area contributed by atoms with E-state index in [1.54, 1.807) is 27.0 Å². The number of hydrogen-bond acceptors (Lipinski definition) is 3. The van der Waals surface area contributed by atoms with Crippen LogP contribution in [-0.4, -0.2) is 32.7 Å². The molecule has 5 nitrogen and oxygen atoms in total. The molecule has 3 rings (SSSR count). The second-order valence-electron chi connectivity index (χ2n) is 7.72. The highest BCUT2D eigenvalue weighted by atomic mass is 19.4. The number of imidazole rings is 1. The maximum absolute atomic E-state index is 13.3. The van der Waals surface area contributed by atoms with Crippen LogP contribution < -0.4 is 0 Å². The van der Waals surface area contributed by atoms with Gasteiger partial charge in [-0.1, -0.05) is 6.07 Å². The molecule has 9 heteroatoms. The Bertz CT molecular complexity index is 884. The highest BCUT2D eigenvalue weighted by molar-refractivity contribution is 5.68. The van der Waals surface area contributed by atoms with Crippen molar-refractivity contribution < 1.29 is 27.1 Å². The summed E-state index contributed by atoms with van der Waals surface area (Å²) in [4.78, 5) is 18.1. The average molecular weight is 399 g/mol. The molecule has 0 atom stereocenters. The predicted molar refractivity (Wildman–Crippen MR) is 93.1 cm³/mol. The van der Waals surface area contributed by atoms with E-state index >= 15 is 0 Å². The topological polar surface area (TPSA) is 47.4 Å². The van der Waals surface area contributed by atoms with Crippen LogP contribution in [0.25, 0.3) is 0 Å². The van der Waals surface area contributed by atoms with E-state index in [0.29, 0.717) is 30.7 Å². The monoisotopic (exact) mass is 399 g/mol. The molecule has 2 heterocycles. The Morgan fingerprint density at radius 1 is 1.21 bits per heavy atom. The number of ether oxygens (including phenoxy) is 1. The smallest absolute Gasteiger partial charge is 0.416 e. The van der Waals surface area contributed by atoms with Crippen molar-refractivity contribution in [3.63, 3.8) is 0 Å². The van der Waals surface area contributed by atoms with Crippen molar-refractivity contribution in [2.75, 3.05) is 6.54 Å². The van der Waals surface area contributed by atoms with Crippen LogP contribution in [0.2, 0.25) is 0 Å². The predicted octanol–water partition coefficient (Wildman–Crippen LogP) is 4.38. The average Bonchev–Trinajstić information content (AvgIpc) is 2.95. The van der Waals surface area contributed by atoms with Crippen LogP contribution in [0.1, 0.15) is 43.4 Å². The fraction of sp³-hybridized carbons (Fsp3) is 0.474. The molecular formula is C19H21F4N3O2. The number of rotatable bonds is 2. The summed E-state index contributed by atoms with van der Waals surface area (Å²) in [5.74, 6) is -0.365. The zero-order chi connectivity index (χ0) is 20.7. The maximum atomic E-state index is 13.3. The number of carbonyl (C=O) groups excluding carboxylic acids is 1. The van der Waals surface area contributed by atoms with Crippen molar-refractivity contribution in [2.24, 2.45) is 0 Å². The molecule has 0 saturated carbocycles. The van der Waals surface area contributed by atoms with Crippen LogP contribution in [0.5, 0.6) is 0 Å². The molecular weight excluding hydrogens is 378 g/mol. The maximum Gasteiger partial charge on any atom is 0.416 e. The Labute approximate surface area is 159 Å². The lowest BCUT2D eigenvalue weighted by Gasteiger charge is -2.30. The second kappa shape index (κ2) is 7.10. The van der Waals surface area contributed by atoms with E-state index in [0.717, 1.165) is 12.1 Å². The Balaban J connectivity index is 1.78. The summed E-state index contributed by atoms with van der Waals surface area (Å²) in [6, 6.07) is 2.63. The molecule has 0 fully saturated rings. The van der Waals surface area contributed by atoms with Crippen molar-refractivity contribution in [1.82, 2.24) is 14.5 Å². The van der Waals surface area contributed by atoms with Gasteiger partial charge in [-0.15, -0.1) is 0 Å². The fourth-order valence-corrected chi connectivity index (χ4v) is 3.04. The molecule has 0 saturated heterocycles. The van der Waals surface area contributed by atoms with Crippen molar-refractivity contribution in [1.29, 1.82) is 0 Å². The third-order valence-corrected chi connectivity index (χ3v) is 4.25.